The number of methoxy groups -OCH3 is 1. The summed E-state index contributed by atoms with van der Waals surface area (Å²) >= 11 is 0. The van der Waals surface area contributed by atoms with Crippen molar-refractivity contribution >= 4 is 0 Å². The Morgan fingerprint density at radius 3 is 2.65 bits per heavy atom. The van der Waals surface area contributed by atoms with E-state index in [9.17, 15) is 0 Å². The Balaban J connectivity index is 2.83. The summed E-state index contributed by atoms with van der Waals surface area (Å²) in [7, 11) is 1.74. The molecule has 3 N–H and O–H groups in total. The van der Waals surface area contributed by atoms with Crippen molar-refractivity contribution in [3.63, 3.8) is 0 Å². The van der Waals surface area contributed by atoms with Crippen molar-refractivity contribution in [3.05, 3.63) is 35.4 Å². The van der Waals surface area contributed by atoms with E-state index >= 15 is 0 Å². The van der Waals surface area contributed by atoms with Gasteiger partial charge < -0.3 is 4.74 Å². The average Bonchev–Trinajstić information content (AvgIpc) is 2.35. The minimum absolute atomic E-state index is 0.110. The Bertz CT molecular complexity index is 348. The summed E-state index contributed by atoms with van der Waals surface area (Å²) in [6.07, 6.45) is 1.79. The first kappa shape index (κ1) is 14.2. The van der Waals surface area contributed by atoms with Crippen LogP contribution in [0.1, 0.15) is 31.4 Å². The van der Waals surface area contributed by atoms with Crippen LogP contribution in [0.2, 0.25) is 0 Å². The molecule has 0 spiro atoms. The molecule has 17 heavy (non-hydrogen) atoms. The zero-order chi connectivity index (χ0) is 12.9. The van der Waals surface area contributed by atoms with Gasteiger partial charge in [-0.2, -0.15) is 0 Å². The zero-order valence-corrected chi connectivity index (χ0v) is 11.3. The predicted molar refractivity (Wildman–Crippen MR) is 71.7 cm³/mol. The number of benzene rings is 1. The van der Waals surface area contributed by atoms with Crippen molar-refractivity contribution < 1.29 is 4.74 Å². The van der Waals surface area contributed by atoms with E-state index < -0.39 is 0 Å². The highest BCUT2D eigenvalue weighted by Gasteiger charge is 2.31. The van der Waals surface area contributed by atoms with Crippen LogP contribution >= 0.6 is 0 Å². The summed E-state index contributed by atoms with van der Waals surface area (Å²) in [4.78, 5) is 0. The SMILES string of the molecule is CCC(C)(OC)C(Cc1cccc(C)c1)NN. The monoisotopic (exact) mass is 236 g/mol. The van der Waals surface area contributed by atoms with Gasteiger partial charge in [0.15, 0.2) is 0 Å². The maximum atomic E-state index is 5.67. The Labute approximate surface area is 104 Å². The highest BCUT2D eigenvalue weighted by molar-refractivity contribution is 5.23. The third-order valence-corrected chi connectivity index (χ3v) is 3.63. The maximum Gasteiger partial charge on any atom is 0.0817 e. The first-order chi connectivity index (χ1) is 8.05. The lowest BCUT2D eigenvalue weighted by Crippen LogP contribution is -2.53. The number of aryl methyl sites for hydroxylation is 1. The van der Waals surface area contributed by atoms with Crippen LogP contribution in [0, 0.1) is 6.92 Å². The molecule has 3 nitrogen and oxygen atoms in total. The number of ether oxygens (including phenoxy) is 1. The van der Waals surface area contributed by atoms with Crippen molar-refractivity contribution in [1.82, 2.24) is 5.43 Å². The van der Waals surface area contributed by atoms with E-state index in [1.807, 2.05) is 0 Å². The molecule has 0 radical (unpaired) electrons. The molecule has 0 fully saturated rings. The van der Waals surface area contributed by atoms with Crippen molar-refractivity contribution in [2.24, 2.45) is 5.84 Å². The van der Waals surface area contributed by atoms with Crippen LogP contribution in [0.5, 0.6) is 0 Å². The van der Waals surface area contributed by atoms with Crippen LogP contribution in [0.25, 0.3) is 0 Å². The van der Waals surface area contributed by atoms with E-state index in [2.05, 4.69) is 50.5 Å². The van der Waals surface area contributed by atoms with Crippen molar-refractivity contribution in [2.75, 3.05) is 7.11 Å². The fraction of sp³-hybridized carbons (Fsp3) is 0.571. The van der Waals surface area contributed by atoms with Gasteiger partial charge in [0.2, 0.25) is 0 Å². The molecule has 2 unspecified atom stereocenters. The van der Waals surface area contributed by atoms with Crippen LogP contribution < -0.4 is 11.3 Å². The highest BCUT2D eigenvalue weighted by atomic mass is 16.5. The van der Waals surface area contributed by atoms with Gasteiger partial charge in [-0.25, -0.2) is 0 Å². The summed E-state index contributed by atoms with van der Waals surface area (Å²) in [6.45, 7) is 6.31. The van der Waals surface area contributed by atoms with Gasteiger partial charge in [0.05, 0.1) is 11.6 Å². The number of nitrogens with one attached hydrogen (secondary N) is 1. The van der Waals surface area contributed by atoms with Crippen LogP contribution in [0.4, 0.5) is 0 Å². The molecule has 2 atom stereocenters. The summed E-state index contributed by atoms with van der Waals surface area (Å²) in [6, 6.07) is 8.61. The first-order valence-corrected chi connectivity index (χ1v) is 6.12. The van der Waals surface area contributed by atoms with Crippen molar-refractivity contribution in [2.45, 2.75) is 45.3 Å². The molecule has 3 heteroatoms. The van der Waals surface area contributed by atoms with Gasteiger partial charge in [-0.3, -0.25) is 11.3 Å². The Morgan fingerprint density at radius 1 is 1.47 bits per heavy atom. The normalized spacial score (nSPS) is 16.5. The van der Waals surface area contributed by atoms with E-state index in [0.717, 1.165) is 12.8 Å². The molecule has 1 aromatic rings. The second-order valence-electron chi connectivity index (χ2n) is 4.78. The van der Waals surface area contributed by atoms with Gasteiger partial charge in [-0.15, -0.1) is 0 Å². The predicted octanol–water partition coefficient (Wildman–Crippen LogP) is 2.18. The molecule has 96 valence electrons. The average molecular weight is 236 g/mol. The molecule has 1 aromatic carbocycles. The van der Waals surface area contributed by atoms with Crippen LogP contribution in [-0.4, -0.2) is 18.8 Å². The number of nitrogens with two attached hydrogens (primary N) is 1. The molecular weight excluding hydrogens is 212 g/mol. The van der Waals surface area contributed by atoms with E-state index in [1.165, 1.54) is 11.1 Å². The molecule has 1 rings (SSSR count). The van der Waals surface area contributed by atoms with E-state index in [1.54, 1.807) is 7.11 Å². The summed E-state index contributed by atoms with van der Waals surface area (Å²) in [5.74, 6) is 5.67. The summed E-state index contributed by atoms with van der Waals surface area (Å²) < 4.78 is 5.60. The van der Waals surface area contributed by atoms with Gasteiger partial charge in [-0.05, 0) is 32.3 Å². The van der Waals surface area contributed by atoms with Gasteiger partial charge in [-0.1, -0.05) is 36.8 Å². The van der Waals surface area contributed by atoms with Gasteiger partial charge in [0.1, 0.15) is 0 Å². The second-order valence-corrected chi connectivity index (χ2v) is 4.78. The largest absolute Gasteiger partial charge is 0.377 e. The number of rotatable bonds is 6. The molecule has 0 aliphatic rings. The lowest BCUT2D eigenvalue weighted by atomic mass is 9.88. The number of hydrogen-bond acceptors (Lipinski definition) is 3. The van der Waals surface area contributed by atoms with Crippen molar-refractivity contribution in [3.8, 4) is 0 Å². The van der Waals surface area contributed by atoms with Crippen molar-refractivity contribution in [1.29, 1.82) is 0 Å². The third kappa shape index (κ3) is 3.53. The Kier molecular flexibility index (Phi) is 5.12. The summed E-state index contributed by atoms with van der Waals surface area (Å²) in [5.41, 5.74) is 5.20. The van der Waals surface area contributed by atoms with E-state index in [4.69, 9.17) is 10.6 Å². The third-order valence-electron chi connectivity index (χ3n) is 3.63. The Hall–Kier alpha value is -0.900. The first-order valence-electron chi connectivity index (χ1n) is 6.12. The molecular formula is C14H24N2O. The number of hydrazine groups is 1. The quantitative estimate of drug-likeness (QED) is 0.588. The van der Waals surface area contributed by atoms with Gasteiger partial charge in [0.25, 0.3) is 0 Å². The number of hydrogen-bond donors (Lipinski definition) is 2. The molecule has 0 aliphatic carbocycles. The minimum Gasteiger partial charge on any atom is -0.377 e. The highest BCUT2D eigenvalue weighted by Crippen LogP contribution is 2.22. The standard InChI is InChI=1S/C14H24N2O/c1-5-14(3,17-4)13(16-15)10-12-8-6-7-11(2)9-12/h6-9,13,16H,5,10,15H2,1-4H3. The van der Waals surface area contributed by atoms with Gasteiger partial charge >= 0.3 is 0 Å². The fourth-order valence-electron chi connectivity index (χ4n) is 2.06. The molecule has 0 heterocycles. The topological polar surface area (TPSA) is 47.3 Å². The van der Waals surface area contributed by atoms with E-state index in [0.29, 0.717) is 0 Å². The molecule has 0 saturated carbocycles. The minimum atomic E-state index is -0.238. The molecule has 0 aliphatic heterocycles. The molecule has 0 aromatic heterocycles. The van der Waals surface area contributed by atoms with Crippen LogP contribution in [-0.2, 0) is 11.2 Å². The fourth-order valence-corrected chi connectivity index (χ4v) is 2.06. The maximum absolute atomic E-state index is 5.67. The zero-order valence-electron chi connectivity index (χ0n) is 11.3. The smallest absolute Gasteiger partial charge is 0.0817 e. The second kappa shape index (κ2) is 6.15. The molecule has 0 saturated heterocycles. The van der Waals surface area contributed by atoms with Crippen LogP contribution in [0.3, 0.4) is 0 Å². The van der Waals surface area contributed by atoms with E-state index in [-0.39, 0.29) is 11.6 Å². The summed E-state index contributed by atoms with van der Waals surface area (Å²) in [5, 5.41) is 0. The lowest BCUT2D eigenvalue weighted by Gasteiger charge is -2.35. The Morgan fingerprint density at radius 2 is 2.18 bits per heavy atom. The molecule has 0 amide bonds. The van der Waals surface area contributed by atoms with Crippen LogP contribution in [0.15, 0.2) is 24.3 Å². The lowest BCUT2D eigenvalue weighted by molar-refractivity contribution is -0.0288. The van der Waals surface area contributed by atoms with Gasteiger partial charge in [0, 0.05) is 7.11 Å². The molecule has 0 bridgehead atoms.